The van der Waals surface area contributed by atoms with Gasteiger partial charge < -0.3 is 30.2 Å². The van der Waals surface area contributed by atoms with Gasteiger partial charge in [0.2, 0.25) is 0 Å². The first-order valence-corrected chi connectivity index (χ1v) is 11.3. The predicted octanol–water partition coefficient (Wildman–Crippen LogP) is 3.32. The minimum absolute atomic E-state index is 0.246. The highest BCUT2D eigenvalue weighted by Gasteiger charge is 2.34. The fraction of sp³-hybridized carbons (Fsp3) is 0.385. The number of carbonyl (C=O) groups excluding carboxylic acids is 2. The van der Waals surface area contributed by atoms with Crippen LogP contribution in [0.4, 0.5) is 4.79 Å². The third kappa shape index (κ3) is 5.88. The zero-order chi connectivity index (χ0) is 24.7. The third-order valence-electron chi connectivity index (χ3n) is 5.73. The summed E-state index contributed by atoms with van der Waals surface area (Å²) in [7, 11) is 3.21. The minimum Gasteiger partial charge on any atom is -0.493 e. The maximum absolute atomic E-state index is 13.0. The Morgan fingerprint density at radius 1 is 1.06 bits per heavy atom. The quantitative estimate of drug-likeness (QED) is 0.366. The minimum atomic E-state index is -0.588. The molecule has 0 saturated carbocycles. The molecule has 2 amide bonds. The normalized spacial score (nSPS) is 15.4. The van der Waals surface area contributed by atoms with E-state index in [2.05, 4.69) is 16.0 Å². The maximum atomic E-state index is 13.0. The third-order valence-corrected chi connectivity index (χ3v) is 5.73. The van der Waals surface area contributed by atoms with Crippen LogP contribution < -0.4 is 25.4 Å². The second kappa shape index (κ2) is 11.6. The monoisotopic (exact) mass is 467 g/mol. The summed E-state index contributed by atoms with van der Waals surface area (Å²) in [5.41, 5.74) is 4.91. The Morgan fingerprint density at radius 2 is 1.82 bits per heavy atom. The van der Waals surface area contributed by atoms with Crippen LogP contribution in [-0.4, -0.2) is 45.9 Å². The molecule has 1 atom stereocenters. The van der Waals surface area contributed by atoms with Crippen molar-refractivity contribution < 1.29 is 23.8 Å². The number of methoxy groups -OCH3 is 2. The zero-order valence-corrected chi connectivity index (χ0v) is 20.4. The lowest BCUT2D eigenvalue weighted by Gasteiger charge is -2.30. The number of hydrogen-bond donors (Lipinski definition) is 3. The lowest BCUT2D eigenvalue weighted by atomic mass is 9.91. The standard InChI is InChI=1S/C26H33N3O5/c1-6-34-25(30)23-20(15-27-12-11-18-9-10-21(32-4)22(14-18)33-5)28-26(31)29-24(23)19-13-16(2)7-8-17(19)3/h7-10,13-14,24,27H,6,11-12,15H2,1-5H3,(H2,28,29,31). The highest BCUT2D eigenvalue weighted by Crippen LogP contribution is 2.31. The molecule has 1 unspecified atom stereocenters. The Balaban J connectivity index is 1.80. The van der Waals surface area contributed by atoms with Crippen LogP contribution in [0, 0.1) is 13.8 Å². The Morgan fingerprint density at radius 3 is 2.53 bits per heavy atom. The molecular weight excluding hydrogens is 434 g/mol. The van der Waals surface area contributed by atoms with E-state index in [1.807, 2.05) is 50.2 Å². The van der Waals surface area contributed by atoms with Gasteiger partial charge in [-0.25, -0.2) is 9.59 Å². The van der Waals surface area contributed by atoms with E-state index in [0.29, 0.717) is 35.9 Å². The molecule has 8 nitrogen and oxygen atoms in total. The van der Waals surface area contributed by atoms with Crippen molar-refractivity contribution >= 4 is 12.0 Å². The molecule has 0 saturated heterocycles. The number of esters is 1. The van der Waals surface area contributed by atoms with Gasteiger partial charge in [-0.3, -0.25) is 0 Å². The van der Waals surface area contributed by atoms with E-state index in [1.54, 1.807) is 21.1 Å². The molecule has 0 spiro atoms. The SMILES string of the molecule is CCOC(=O)C1=C(CNCCc2ccc(OC)c(OC)c2)NC(=O)NC1c1cc(C)ccc1C. The number of benzene rings is 2. The van der Waals surface area contributed by atoms with Crippen molar-refractivity contribution in [2.45, 2.75) is 33.2 Å². The molecular formula is C26H33N3O5. The van der Waals surface area contributed by atoms with Gasteiger partial charge in [-0.2, -0.15) is 0 Å². The summed E-state index contributed by atoms with van der Waals surface area (Å²) in [6, 6.07) is 10.8. The Kier molecular flexibility index (Phi) is 8.54. The van der Waals surface area contributed by atoms with Crippen LogP contribution in [0.25, 0.3) is 0 Å². The summed E-state index contributed by atoms with van der Waals surface area (Å²) >= 11 is 0. The van der Waals surface area contributed by atoms with Crippen molar-refractivity contribution in [2.75, 3.05) is 33.9 Å². The Labute approximate surface area is 200 Å². The first-order valence-electron chi connectivity index (χ1n) is 11.3. The summed E-state index contributed by atoms with van der Waals surface area (Å²) in [5.74, 6) is 0.908. The summed E-state index contributed by atoms with van der Waals surface area (Å²) in [6.07, 6.45) is 0.731. The van der Waals surface area contributed by atoms with Crippen LogP contribution in [0.15, 0.2) is 47.7 Å². The lowest BCUT2D eigenvalue weighted by molar-refractivity contribution is -0.139. The van der Waals surface area contributed by atoms with E-state index in [4.69, 9.17) is 14.2 Å². The number of carbonyl (C=O) groups is 2. The van der Waals surface area contributed by atoms with Crippen LogP contribution in [0.5, 0.6) is 11.5 Å². The number of aryl methyl sites for hydroxylation is 2. The highest BCUT2D eigenvalue weighted by atomic mass is 16.5. The topological polar surface area (TPSA) is 97.9 Å². The van der Waals surface area contributed by atoms with Gasteiger partial charge in [0.25, 0.3) is 0 Å². The summed E-state index contributed by atoms with van der Waals surface area (Å²) in [5, 5.41) is 9.03. The average molecular weight is 468 g/mol. The number of rotatable bonds is 10. The molecule has 2 aromatic carbocycles. The van der Waals surface area contributed by atoms with E-state index in [9.17, 15) is 9.59 Å². The maximum Gasteiger partial charge on any atom is 0.338 e. The van der Waals surface area contributed by atoms with Crippen molar-refractivity contribution in [3.63, 3.8) is 0 Å². The van der Waals surface area contributed by atoms with Crippen LogP contribution in [0.2, 0.25) is 0 Å². The smallest absolute Gasteiger partial charge is 0.338 e. The van der Waals surface area contributed by atoms with Gasteiger partial charge in [-0.15, -0.1) is 0 Å². The summed E-state index contributed by atoms with van der Waals surface area (Å²) in [6.45, 7) is 6.91. The number of nitrogens with one attached hydrogen (secondary N) is 3. The average Bonchev–Trinajstić information content (AvgIpc) is 2.82. The van der Waals surface area contributed by atoms with Crippen LogP contribution in [-0.2, 0) is 16.0 Å². The van der Waals surface area contributed by atoms with Crippen LogP contribution >= 0.6 is 0 Å². The molecule has 0 fully saturated rings. The molecule has 0 aliphatic carbocycles. The molecule has 3 N–H and O–H groups in total. The van der Waals surface area contributed by atoms with Crippen molar-refractivity contribution in [3.8, 4) is 11.5 Å². The van der Waals surface area contributed by atoms with Gasteiger partial charge in [0.15, 0.2) is 11.5 Å². The summed E-state index contributed by atoms with van der Waals surface area (Å²) < 4.78 is 16.0. The molecule has 2 aromatic rings. The van der Waals surface area contributed by atoms with Crippen molar-refractivity contribution in [2.24, 2.45) is 0 Å². The number of amides is 2. The van der Waals surface area contributed by atoms with Gasteiger partial charge in [-0.05, 0) is 62.6 Å². The van der Waals surface area contributed by atoms with E-state index in [0.717, 1.165) is 28.7 Å². The molecule has 1 heterocycles. The largest absolute Gasteiger partial charge is 0.493 e. The first kappa shape index (κ1) is 25.1. The van der Waals surface area contributed by atoms with Crippen molar-refractivity contribution in [1.82, 2.24) is 16.0 Å². The molecule has 0 aromatic heterocycles. The van der Waals surface area contributed by atoms with Gasteiger partial charge >= 0.3 is 12.0 Å². The van der Waals surface area contributed by atoms with E-state index >= 15 is 0 Å². The van der Waals surface area contributed by atoms with Gasteiger partial charge in [0.1, 0.15) is 0 Å². The van der Waals surface area contributed by atoms with Gasteiger partial charge in [0.05, 0.1) is 32.4 Å². The molecule has 1 aliphatic heterocycles. The van der Waals surface area contributed by atoms with Crippen molar-refractivity contribution in [3.05, 3.63) is 69.9 Å². The fourth-order valence-corrected chi connectivity index (χ4v) is 3.99. The second-order valence-corrected chi connectivity index (χ2v) is 8.12. The second-order valence-electron chi connectivity index (χ2n) is 8.12. The molecule has 1 aliphatic rings. The molecule has 0 bridgehead atoms. The number of ether oxygens (including phenoxy) is 3. The summed E-state index contributed by atoms with van der Waals surface area (Å²) in [4.78, 5) is 25.5. The first-order chi connectivity index (χ1) is 16.4. The fourth-order valence-electron chi connectivity index (χ4n) is 3.99. The lowest BCUT2D eigenvalue weighted by Crippen LogP contribution is -2.48. The zero-order valence-electron chi connectivity index (χ0n) is 20.4. The highest BCUT2D eigenvalue weighted by molar-refractivity contribution is 5.95. The Bertz CT molecular complexity index is 1080. The van der Waals surface area contributed by atoms with E-state index in [1.165, 1.54) is 0 Å². The molecule has 8 heteroatoms. The van der Waals surface area contributed by atoms with Gasteiger partial charge in [0, 0.05) is 12.2 Å². The molecule has 34 heavy (non-hydrogen) atoms. The number of hydrogen-bond acceptors (Lipinski definition) is 6. The molecule has 0 radical (unpaired) electrons. The van der Waals surface area contributed by atoms with Crippen LogP contribution in [0.3, 0.4) is 0 Å². The van der Waals surface area contributed by atoms with E-state index < -0.39 is 12.0 Å². The van der Waals surface area contributed by atoms with E-state index in [-0.39, 0.29) is 12.6 Å². The van der Waals surface area contributed by atoms with Crippen molar-refractivity contribution in [1.29, 1.82) is 0 Å². The predicted molar refractivity (Wildman–Crippen MR) is 130 cm³/mol. The Hall–Kier alpha value is -3.52. The number of urea groups is 1. The van der Waals surface area contributed by atoms with Crippen LogP contribution in [0.1, 0.15) is 35.2 Å². The molecule has 3 rings (SSSR count). The molecule has 182 valence electrons. The van der Waals surface area contributed by atoms with Gasteiger partial charge in [-0.1, -0.05) is 29.8 Å².